The van der Waals surface area contributed by atoms with Crippen molar-refractivity contribution in [3.63, 3.8) is 0 Å². The zero-order valence-corrected chi connectivity index (χ0v) is 54.4. The van der Waals surface area contributed by atoms with Crippen LogP contribution in [-0.4, -0.2) is 44.1 Å². The van der Waals surface area contributed by atoms with Gasteiger partial charge in [-0.05, 0) is 146 Å². The van der Waals surface area contributed by atoms with Gasteiger partial charge in [0.15, 0.2) is 22.7 Å². The molecule has 0 atom stereocenters. The summed E-state index contributed by atoms with van der Waals surface area (Å²) in [5.74, 6) is 0. The van der Waals surface area contributed by atoms with Crippen LogP contribution >= 0.6 is 7.82 Å². The van der Waals surface area contributed by atoms with Crippen LogP contribution < -0.4 is 89.7 Å². The number of anilines is 8. The van der Waals surface area contributed by atoms with Gasteiger partial charge in [0.2, 0.25) is 0 Å². The Kier molecular flexibility index (Phi) is 22.4. The Morgan fingerprint density at radius 1 is 0.214 bits per heavy atom. The molecule has 4 aliphatic heterocycles. The minimum absolute atomic E-state index is 0. The second-order valence-electron chi connectivity index (χ2n) is 21.3. The maximum atomic E-state index is 8.55. The molecule has 4 heterocycles. The summed E-state index contributed by atoms with van der Waals surface area (Å²) in [6, 6.07) is 123. The van der Waals surface area contributed by atoms with Crippen molar-refractivity contribution in [1.29, 1.82) is 0 Å². The van der Waals surface area contributed by atoms with Gasteiger partial charge in [0, 0.05) is 0 Å². The molecule has 0 radical (unpaired) electrons. The van der Waals surface area contributed by atoms with Gasteiger partial charge in [0.1, 0.15) is 45.5 Å². The summed E-state index contributed by atoms with van der Waals surface area (Å²) >= 11 is 0. The van der Waals surface area contributed by atoms with Crippen molar-refractivity contribution in [3.05, 3.63) is 364 Å². The SMILES string of the molecule is C1=[N+](c2ccccc2)N(c2ccccc2)N(c2ccccc2)N1.C1=[N+](c2ccccc2)N(c2ccccc2)N(c2ccccc2)N1.C1=[N+](c2ccccc2)N(c2ccccc2)N(c2ccccc2)N1.C1=[N+](c2ccccc2)N(c2ccccc2)N(c2ccccc2)N1.O=P([O-])([O-])[O-].[Cl-]. The van der Waals surface area contributed by atoms with Crippen molar-refractivity contribution < 1.29 is 50.4 Å². The number of nitrogens with one attached hydrogen (secondary N) is 4. The van der Waals surface area contributed by atoms with Crippen molar-refractivity contribution in [1.82, 2.24) is 21.7 Å². The second kappa shape index (κ2) is 32.9. The zero-order chi connectivity index (χ0) is 66.4. The number of hydrazone groups is 4. The van der Waals surface area contributed by atoms with Crippen LogP contribution in [0.15, 0.2) is 364 Å². The van der Waals surface area contributed by atoms with Crippen LogP contribution in [0, 0.1) is 0 Å². The number of halogens is 1. The van der Waals surface area contributed by atoms with E-state index in [1.54, 1.807) is 0 Å². The lowest BCUT2D eigenvalue weighted by Gasteiger charge is -2.36. The summed E-state index contributed by atoms with van der Waals surface area (Å²) < 4.78 is 16.9. The Labute approximate surface area is 575 Å². The molecule has 0 unspecified atom stereocenters. The van der Waals surface area contributed by atoms with Gasteiger partial charge in [-0.1, -0.05) is 259 Å². The van der Waals surface area contributed by atoms with E-state index in [0.29, 0.717) is 0 Å². The molecule has 488 valence electrons. The van der Waals surface area contributed by atoms with E-state index in [1.165, 1.54) is 0 Å². The molecule has 0 saturated carbocycles. The predicted molar refractivity (Wildman–Crippen MR) is 381 cm³/mol. The number of rotatable bonds is 12. The molecule has 0 fully saturated rings. The van der Waals surface area contributed by atoms with E-state index in [-0.39, 0.29) is 12.4 Å². The van der Waals surface area contributed by atoms with Crippen molar-refractivity contribution in [2.45, 2.75) is 0 Å². The number of phosphoric acid groups is 1. The first-order chi connectivity index (χ1) is 47.7. The lowest BCUT2D eigenvalue weighted by atomic mass is 10.3. The summed E-state index contributed by atoms with van der Waals surface area (Å²) in [5, 5.41) is 16.5. The van der Waals surface area contributed by atoms with Crippen LogP contribution in [0.1, 0.15) is 0 Å². The van der Waals surface area contributed by atoms with E-state index in [9.17, 15) is 0 Å². The molecule has 22 heteroatoms. The highest BCUT2D eigenvalue weighted by molar-refractivity contribution is 7.40. The number of benzene rings is 12. The topological polar surface area (TPSA) is 172 Å². The van der Waals surface area contributed by atoms with Gasteiger partial charge in [0.25, 0.3) is 25.4 Å². The van der Waals surface area contributed by atoms with Gasteiger partial charge in [-0.2, -0.15) is 29.5 Å². The Hall–Kier alpha value is -12.7. The molecule has 0 aliphatic carbocycles. The number of hydrogen-bond donors (Lipinski definition) is 4. The molecule has 0 bridgehead atoms. The molecule has 12 aromatic rings. The fourth-order valence-electron chi connectivity index (χ4n) is 10.5. The lowest BCUT2D eigenvalue weighted by molar-refractivity contribution is -0.444. The third-order valence-electron chi connectivity index (χ3n) is 14.8. The van der Waals surface area contributed by atoms with Crippen molar-refractivity contribution in [3.8, 4) is 0 Å². The monoisotopic (exact) mass is 1330 g/mol. The van der Waals surface area contributed by atoms with Gasteiger partial charge < -0.3 is 31.7 Å². The third-order valence-corrected chi connectivity index (χ3v) is 14.8. The minimum Gasteiger partial charge on any atom is -1.00 e. The average molecular weight is 1340 g/mol. The molecule has 20 nitrogen and oxygen atoms in total. The van der Waals surface area contributed by atoms with E-state index < -0.39 is 7.82 Å². The first-order valence-electron chi connectivity index (χ1n) is 31.0. The summed E-state index contributed by atoms with van der Waals surface area (Å²) in [4.78, 5) is 25.6. The first kappa shape index (κ1) is 66.8. The summed E-state index contributed by atoms with van der Waals surface area (Å²) in [6.45, 7) is 0. The molecule has 4 N–H and O–H groups in total. The molecular weight excluding hydrogens is 1270 g/mol. The average Bonchev–Trinajstić information content (AvgIpc) is 1.65. The molecule has 4 aliphatic rings. The van der Waals surface area contributed by atoms with Gasteiger partial charge in [-0.25, -0.2) is 0 Å². The standard InChI is InChI=1S/4C19H16N4.ClH.H3O4P/c4*1-4-10-17(11-5-1)21-16-20-22(18-12-6-2-7-13-18)23(21)19-14-8-3-9-15-19;;1-5(2,3)4/h4*1-16H;1H;(H3,1,2,3,4). The first-order valence-corrected chi connectivity index (χ1v) is 32.5. The van der Waals surface area contributed by atoms with Crippen LogP contribution in [0.3, 0.4) is 0 Å². The lowest BCUT2D eigenvalue weighted by Crippen LogP contribution is -3.00. The van der Waals surface area contributed by atoms with E-state index in [0.717, 1.165) is 68.2 Å². The predicted octanol–water partition coefficient (Wildman–Crippen LogP) is 9.06. The van der Waals surface area contributed by atoms with Gasteiger partial charge in [-0.15, -0.1) is 18.7 Å². The molecule has 98 heavy (non-hydrogen) atoms. The molecular formula is C76H68ClN16O4P. The largest absolute Gasteiger partial charge is 1.00 e. The van der Waals surface area contributed by atoms with Crippen LogP contribution in [0.5, 0.6) is 0 Å². The highest BCUT2D eigenvalue weighted by atomic mass is 35.5. The Balaban J connectivity index is 0.000000129. The zero-order valence-electron chi connectivity index (χ0n) is 52.8. The van der Waals surface area contributed by atoms with Crippen LogP contribution in [0.4, 0.5) is 68.2 Å². The van der Waals surface area contributed by atoms with Crippen LogP contribution in [0.25, 0.3) is 0 Å². The van der Waals surface area contributed by atoms with Crippen LogP contribution in [0.2, 0.25) is 0 Å². The normalized spacial score (nSPS) is 13.4. The molecule has 0 spiro atoms. The van der Waals surface area contributed by atoms with Gasteiger partial charge in [-0.3, -0.25) is 0 Å². The summed E-state index contributed by atoms with van der Waals surface area (Å²) in [6.07, 6.45) is 7.81. The van der Waals surface area contributed by atoms with E-state index in [2.05, 4.69) is 207 Å². The number of nitrogens with zero attached hydrogens (tertiary/aromatic N) is 12. The van der Waals surface area contributed by atoms with Crippen molar-refractivity contribution >= 4 is 101 Å². The maximum Gasteiger partial charge on any atom is 0.288 e. The number of hydrazine groups is 12. The van der Waals surface area contributed by atoms with Gasteiger partial charge >= 0.3 is 0 Å². The van der Waals surface area contributed by atoms with Crippen molar-refractivity contribution in [2.75, 3.05) is 40.9 Å². The van der Waals surface area contributed by atoms with Crippen LogP contribution in [-0.2, 0) is 4.57 Å². The smallest absolute Gasteiger partial charge is 0.288 e. The fourth-order valence-corrected chi connectivity index (χ4v) is 10.5. The number of para-hydroxylation sites is 12. The van der Waals surface area contributed by atoms with E-state index in [1.807, 2.05) is 264 Å². The number of hydrogen-bond acceptors (Lipinski definition) is 16. The molecule has 0 saturated heterocycles. The van der Waals surface area contributed by atoms with Crippen molar-refractivity contribution in [2.24, 2.45) is 0 Å². The molecule has 12 aromatic carbocycles. The Morgan fingerprint density at radius 3 is 0.480 bits per heavy atom. The van der Waals surface area contributed by atoms with Gasteiger partial charge in [0.05, 0.1) is 0 Å². The fraction of sp³-hybridized carbons (Fsp3) is 0. The Bertz CT molecular complexity index is 3980. The Morgan fingerprint density at radius 2 is 0.337 bits per heavy atom. The molecule has 0 amide bonds. The molecule has 16 rings (SSSR count). The highest BCUT2D eigenvalue weighted by Crippen LogP contribution is 2.32. The highest BCUT2D eigenvalue weighted by Gasteiger charge is 2.37. The summed E-state index contributed by atoms with van der Waals surface area (Å²) in [5.41, 5.74) is 26.2. The third kappa shape index (κ3) is 16.8. The maximum absolute atomic E-state index is 8.55. The van der Waals surface area contributed by atoms with E-state index in [4.69, 9.17) is 19.2 Å². The summed E-state index contributed by atoms with van der Waals surface area (Å²) in [7, 11) is -5.39. The quantitative estimate of drug-likeness (QED) is 0.0674. The second-order valence-corrected chi connectivity index (χ2v) is 22.2. The molecule has 0 aromatic heterocycles. The minimum atomic E-state index is -5.39. The van der Waals surface area contributed by atoms with E-state index >= 15 is 0 Å².